The fourth-order valence-corrected chi connectivity index (χ4v) is 3.70. The van der Waals surface area contributed by atoms with Crippen LogP contribution >= 0.6 is 0 Å². The Hall–Kier alpha value is -0.850. The van der Waals surface area contributed by atoms with Gasteiger partial charge in [0, 0.05) is 26.1 Å². The molecule has 6 nitrogen and oxygen atoms in total. The molecule has 0 radical (unpaired) electrons. The van der Waals surface area contributed by atoms with Crippen molar-refractivity contribution in [3.8, 4) is 0 Å². The number of fused-ring (bicyclic) bond motifs is 1. The van der Waals surface area contributed by atoms with Gasteiger partial charge in [0.1, 0.15) is 5.60 Å². The molecule has 1 amide bonds. The Balaban J connectivity index is 1.76. The van der Waals surface area contributed by atoms with E-state index in [1.165, 1.54) is 0 Å². The van der Waals surface area contributed by atoms with Crippen LogP contribution in [0.1, 0.15) is 33.6 Å². The molecule has 1 N–H and O–H groups in total. The van der Waals surface area contributed by atoms with Crippen LogP contribution in [-0.2, 0) is 14.2 Å². The molecule has 3 fully saturated rings. The van der Waals surface area contributed by atoms with E-state index in [1.807, 2.05) is 25.7 Å². The first-order valence-electron chi connectivity index (χ1n) is 7.83. The number of amides is 1. The van der Waals surface area contributed by atoms with E-state index in [0.29, 0.717) is 32.7 Å². The molecule has 6 heteroatoms. The fourth-order valence-electron chi connectivity index (χ4n) is 3.70. The van der Waals surface area contributed by atoms with E-state index < -0.39 is 11.4 Å². The van der Waals surface area contributed by atoms with Crippen molar-refractivity contribution in [2.24, 2.45) is 5.41 Å². The van der Waals surface area contributed by atoms with Crippen LogP contribution < -0.4 is 5.32 Å². The number of likely N-dealkylation sites (tertiary alicyclic amines) is 1. The maximum absolute atomic E-state index is 12.4. The molecule has 0 aromatic heterocycles. The van der Waals surface area contributed by atoms with E-state index >= 15 is 0 Å². The summed E-state index contributed by atoms with van der Waals surface area (Å²) in [5.41, 5.74) is -0.619. The van der Waals surface area contributed by atoms with Gasteiger partial charge in [0.25, 0.3) is 0 Å². The van der Waals surface area contributed by atoms with E-state index in [1.54, 1.807) is 0 Å². The summed E-state index contributed by atoms with van der Waals surface area (Å²) in [4.78, 5) is 14.2. The molecule has 3 aliphatic heterocycles. The highest BCUT2D eigenvalue weighted by molar-refractivity contribution is 5.68. The lowest BCUT2D eigenvalue weighted by Crippen LogP contribution is -2.62. The third-order valence-corrected chi connectivity index (χ3v) is 4.66. The van der Waals surface area contributed by atoms with Crippen molar-refractivity contribution in [2.75, 3.05) is 39.4 Å². The summed E-state index contributed by atoms with van der Waals surface area (Å²) in [6.45, 7) is 10.0. The lowest BCUT2D eigenvalue weighted by Gasteiger charge is -2.50. The summed E-state index contributed by atoms with van der Waals surface area (Å²) >= 11 is 0. The van der Waals surface area contributed by atoms with Crippen LogP contribution in [0, 0.1) is 5.41 Å². The van der Waals surface area contributed by atoms with Crippen molar-refractivity contribution >= 4 is 6.09 Å². The number of piperidine rings is 1. The van der Waals surface area contributed by atoms with Gasteiger partial charge >= 0.3 is 6.09 Å². The molecule has 2 spiro atoms. The summed E-state index contributed by atoms with van der Waals surface area (Å²) in [5, 5.41) is 3.40. The highest BCUT2D eigenvalue weighted by Crippen LogP contribution is 2.48. The van der Waals surface area contributed by atoms with Gasteiger partial charge in [-0.05, 0) is 33.7 Å². The van der Waals surface area contributed by atoms with Crippen molar-refractivity contribution in [3.63, 3.8) is 0 Å². The molecule has 0 aromatic carbocycles. The lowest BCUT2D eigenvalue weighted by molar-refractivity contribution is -0.256. The molecule has 0 bridgehead atoms. The Morgan fingerprint density at radius 1 is 1.24 bits per heavy atom. The Bertz CT molecular complexity index is 406. The molecular formula is C15H26N2O4. The molecule has 3 aliphatic rings. The highest BCUT2D eigenvalue weighted by atomic mass is 16.7. The lowest BCUT2D eigenvalue weighted by atomic mass is 9.73. The summed E-state index contributed by atoms with van der Waals surface area (Å²) in [5.74, 6) is -0.519. The number of hydrogen-bond donors (Lipinski definition) is 1. The minimum atomic E-state index is -0.519. The summed E-state index contributed by atoms with van der Waals surface area (Å²) in [6.07, 6.45) is 1.45. The second-order valence-corrected chi connectivity index (χ2v) is 7.31. The van der Waals surface area contributed by atoms with Crippen LogP contribution in [0.15, 0.2) is 0 Å². The molecule has 3 rings (SSSR count). The van der Waals surface area contributed by atoms with Gasteiger partial charge in [0.15, 0.2) is 5.79 Å². The third-order valence-electron chi connectivity index (χ3n) is 4.66. The van der Waals surface area contributed by atoms with Crippen LogP contribution in [0.4, 0.5) is 4.79 Å². The first kappa shape index (κ1) is 15.1. The van der Waals surface area contributed by atoms with Crippen molar-refractivity contribution in [1.29, 1.82) is 0 Å². The van der Waals surface area contributed by atoms with Crippen molar-refractivity contribution in [2.45, 2.75) is 45.0 Å². The van der Waals surface area contributed by atoms with E-state index in [2.05, 4.69) is 5.32 Å². The molecule has 0 aromatic rings. The molecule has 3 saturated heterocycles. The molecule has 3 heterocycles. The zero-order valence-electron chi connectivity index (χ0n) is 13.2. The molecule has 0 aliphatic carbocycles. The number of hydrogen-bond acceptors (Lipinski definition) is 5. The van der Waals surface area contributed by atoms with E-state index in [-0.39, 0.29) is 11.5 Å². The Labute approximate surface area is 126 Å². The number of nitrogens with zero attached hydrogens (tertiary/aromatic N) is 1. The number of rotatable bonds is 0. The van der Waals surface area contributed by atoms with E-state index in [9.17, 15) is 4.79 Å². The normalized spacial score (nSPS) is 32.0. The molecular weight excluding hydrogens is 272 g/mol. The van der Waals surface area contributed by atoms with Gasteiger partial charge in [0.2, 0.25) is 0 Å². The predicted octanol–water partition coefficient (Wildman–Crippen LogP) is 1.35. The average molecular weight is 298 g/mol. The second kappa shape index (κ2) is 5.11. The molecule has 120 valence electrons. The van der Waals surface area contributed by atoms with Gasteiger partial charge in [-0.2, -0.15) is 0 Å². The van der Waals surface area contributed by atoms with E-state index in [0.717, 1.165) is 19.5 Å². The van der Waals surface area contributed by atoms with Crippen LogP contribution in [0.25, 0.3) is 0 Å². The summed E-state index contributed by atoms with van der Waals surface area (Å²) < 4.78 is 17.5. The second-order valence-electron chi connectivity index (χ2n) is 7.31. The number of ether oxygens (including phenoxy) is 3. The van der Waals surface area contributed by atoms with Crippen LogP contribution in [-0.4, -0.2) is 61.8 Å². The number of nitrogens with one attached hydrogen (secondary N) is 1. The highest BCUT2D eigenvalue weighted by Gasteiger charge is 2.60. The van der Waals surface area contributed by atoms with Gasteiger partial charge in [-0.3, -0.25) is 0 Å². The minimum Gasteiger partial charge on any atom is -0.444 e. The van der Waals surface area contributed by atoms with Crippen molar-refractivity contribution in [3.05, 3.63) is 0 Å². The number of carbonyl (C=O) groups excluding carboxylic acids is 1. The van der Waals surface area contributed by atoms with Gasteiger partial charge in [-0.25, -0.2) is 4.79 Å². The molecule has 21 heavy (non-hydrogen) atoms. The Morgan fingerprint density at radius 3 is 2.52 bits per heavy atom. The van der Waals surface area contributed by atoms with Crippen molar-refractivity contribution in [1.82, 2.24) is 10.2 Å². The molecule has 1 atom stereocenters. The maximum atomic E-state index is 12.4. The zero-order chi connectivity index (χ0) is 15.1. The van der Waals surface area contributed by atoms with Gasteiger partial charge in [-0.15, -0.1) is 0 Å². The number of carbonyl (C=O) groups is 1. The summed E-state index contributed by atoms with van der Waals surface area (Å²) in [7, 11) is 0. The van der Waals surface area contributed by atoms with E-state index in [4.69, 9.17) is 14.2 Å². The maximum Gasteiger partial charge on any atom is 0.410 e. The Morgan fingerprint density at radius 2 is 1.95 bits per heavy atom. The first-order chi connectivity index (χ1) is 9.86. The SMILES string of the molecule is CC(C)(C)OC(=O)N1CCC2(OCCO2)C2(CCNC2)C1. The largest absolute Gasteiger partial charge is 0.444 e. The zero-order valence-corrected chi connectivity index (χ0v) is 13.2. The minimum absolute atomic E-state index is 0.154. The standard InChI is InChI=1S/C15H26N2O4/c1-13(2,3)21-12(18)17-7-5-15(19-8-9-20-15)14(11-17)4-6-16-10-14/h16H,4-11H2,1-3H3. The quantitative estimate of drug-likeness (QED) is 0.731. The van der Waals surface area contributed by atoms with Crippen LogP contribution in [0.2, 0.25) is 0 Å². The van der Waals surface area contributed by atoms with Gasteiger partial charge < -0.3 is 24.4 Å². The van der Waals surface area contributed by atoms with Gasteiger partial charge in [0.05, 0.1) is 18.6 Å². The first-order valence-corrected chi connectivity index (χ1v) is 7.83. The van der Waals surface area contributed by atoms with Crippen molar-refractivity contribution < 1.29 is 19.0 Å². The topological polar surface area (TPSA) is 60.0 Å². The molecule has 0 saturated carbocycles. The smallest absolute Gasteiger partial charge is 0.410 e. The van der Waals surface area contributed by atoms with Gasteiger partial charge in [-0.1, -0.05) is 0 Å². The van der Waals surface area contributed by atoms with Crippen LogP contribution in [0.5, 0.6) is 0 Å². The van der Waals surface area contributed by atoms with Crippen LogP contribution in [0.3, 0.4) is 0 Å². The average Bonchev–Trinajstić information content (AvgIpc) is 3.01. The predicted molar refractivity (Wildman–Crippen MR) is 77.0 cm³/mol. The molecule has 1 unspecified atom stereocenters. The Kier molecular flexibility index (Phi) is 3.66. The monoisotopic (exact) mass is 298 g/mol. The summed E-state index contributed by atoms with van der Waals surface area (Å²) in [6, 6.07) is 0. The third kappa shape index (κ3) is 2.64. The fraction of sp³-hybridized carbons (Fsp3) is 0.933.